The predicted octanol–water partition coefficient (Wildman–Crippen LogP) is 2.62. The van der Waals surface area contributed by atoms with Crippen molar-refractivity contribution in [3.8, 4) is 11.6 Å². The highest BCUT2D eigenvalue weighted by Gasteiger charge is 2.24. The zero-order valence-electron chi connectivity index (χ0n) is 12.8. The maximum Gasteiger partial charge on any atom is 0.246 e. The fraction of sp³-hybridized carbons (Fsp3) is 0.235. The molecule has 1 aromatic carbocycles. The molecule has 3 rings (SSSR count). The standard InChI is InChI=1S/C17H16FN3O3/c18-11-3-1-4-13(9-11)24-16-8-7-12(10-19-16)20-17(23)14-5-2-6-15(22)21-14/h1,3-4,7-10,14H,2,5-6H2,(H,20,23)(H,21,22)/t14-/m1/s1. The Morgan fingerprint density at radius 3 is 2.92 bits per heavy atom. The molecule has 0 unspecified atom stereocenters. The molecule has 0 spiro atoms. The molecule has 1 aliphatic rings. The molecule has 1 saturated heterocycles. The SMILES string of the molecule is O=C1CCC[C@H](C(=O)Nc2ccc(Oc3cccc(F)c3)nc2)N1. The van der Waals surface area contributed by atoms with Crippen molar-refractivity contribution < 1.29 is 18.7 Å². The number of rotatable bonds is 4. The Morgan fingerprint density at radius 2 is 2.21 bits per heavy atom. The summed E-state index contributed by atoms with van der Waals surface area (Å²) in [5.74, 6) is -0.165. The zero-order valence-corrected chi connectivity index (χ0v) is 12.8. The number of halogens is 1. The van der Waals surface area contributed by atoms with Crippen LogP contribution in [0, 0.1) is 5.82 Å². The van der Waals surface area contributed by atoms with Crippen LogP contribution in [0.5, 0.6) is 11.6 Å². The lowest BCUT2D eigenvalue weighted by Crippen LogP contribution is -2.46. The molecule has 2 N–H and O–H groups in total. The van der Waals surface area contributed by atoms with E-state index in [4.69, 9.17) is 4.74 Å². The fourth-order valence-corrected chi connectivity index (χ4v) is 2.40. The lowest BCUT2D eigenvalue weighted by molar-refractivity contribution is -0.128. The number of anilines is 1. The fourth-order valence-electron chi connectivity index (χ4n) is 2.40. The molecule has 7 heteroatoms. The van der Waals surface area contributed by atoms with E-state index in [0.29, 0.717) is 30.7 Å². The summed E-state index contributed by atoms with van der Waals surface area (Å²) in [6.45, 7) is 0. The third-order valence-electron chi connectivity index (χ3n) is 3.57. The van der Waals surface area contributed by atoms with E-state index in [1.807, 2.05) is 0 Å². The molecular formula is C17H16FN3O3. The highest BCUT2D eigenvalue weighted by atomic mass is 19.1. The molecule has 2 amide bonds. The second-order valence-electron chi connectivity index (χ2n) is 5.45. The van der Waals surface area contributed by atoms with Crippen LogP contribution in [0.25, 0.3) is 0 Å². The molecular weight excluding hydrogens is 313 g/mol. The highest BCUT2D eigenvalue weighted by Crippen LogP contribution is 2.21. The molecule has 24 heavy (non-hydrogen) atoms. The number of pyridine rings is 1. The summed E-state index contributed by atoms with van der Waals surface area (Å²) in [5, 5.41) is 5.35. The van der Waals surface area contributed by atoms with Gasteiger partial charge in [-0.15, -0.1) is 0 Å². The third kappa shape index (κ3) is 4.07. The second-order valence-corrected chi connectivity index (χ2v) is 5.45. The van der Waals surface area contributed by atoms with Gasteiger partial charge < -0.3 is 15.4 Å². The van der Waals surface area contributed by atoms with Crippen LogP contribution in [0.15, 0.2) is 42.6 Å². The van der Waals surface area contributed by atoms with Gasteiger partial charge in [0, 0.05) is 18.6 Å². The van der Waals surface area contributed by atoms with Crippen molar-refractivity contribution >= 4 is 17.5 Å². The number of carbonyl (C=O) groups is 2. The van der Waals surface area contributed by atoms with Gasteiger partial charge >= 0.3 is 0 Å². The molecule has 1 atom stereocenters. The monoisotopic (exact) mass is 329 g/mol. The molecule has 2 heterocycles. The summed E-state index contributed by atoms with van der Waals surface area (Å²) >= 11 is 0. The van der Waals surface area contributed by atoms with Gasteiger partial charge in [-0.25, -0.2) is 9.37 Å². The quantitative estimate of drug-likeness (QED) is 0.903. The summed E-state index contributed by atoms with van der Waals surface area (Å²) in [6, 6.07) is 8.41. The summed E-state index contributed by atoms with van der Waals surface area (Å²) in [5.41, 5.74) is 0.492. The Balaban J connectivity index is 1.60. The lowest BCUT2D eigenvalue weighted by atomic mass is 10.0. The van der Waals surface area contributed by atoms with Crippen molar-refractivity contribution in [3.63, 3.8) is 0 Å². The molecule has 6 nitrogen and oxygen atoms in total. The van der Waals surface area contributed by atoms with Crippen LogP contribution < -0.4 is 15.4 Å². The van der Waals surface area contributed by atoms with E-state index in [1.54, 1.807) is 18.2 Å². The van der Waals surface area contributed by atoms with Crippen molar-refractivity contribution in [2.24, 2.45) is 0 Å². The largest absolute Gasteiger partial charge is 0.439 e. The van der Waals surface area contributed by atoms with Crippen LogP contribution in [0.1, 0.15) is 19.3 Å². The van der Waals surface area contributed by atoms with Gasteiger partial charge in [0.25, 0.3) is 0 Å². The number of nitrogens with one attached hydrogen (secondary N) is 2. The Labute approximate surface area is 138 Å². The number of benzene rings is 1. The summed E-state index contributed by atoms with van der Waals surface area (Å²) in [7, 11) is 0. The Kier molecular flexibility index (Phi) is 4.69. The van der Waals surface area contributed by atoms with E-state index in [-0.39, 0.29) is 17.7 Å². The topological polar surface area (TPSA) is 80.3 Å². The van der Waals surface area contributed by atoms with Crippen molar-refractivity contribution in [1.29, 1.82) is 0 Å². The van der Waals surface area contributed by atoms with E-state index in [1.165, 1.54) is 24.4 Å². The van der Waals surface area contributed by atoms with E-state index >= 15 is 0 Å². The van der Waals surface area contributed by atoms with E-state index in [2.05, 4.69) is 15.6 Å². The second kappa shape index (κ2) is 7.08. The summed E-state index contributed by atoms with van der Waals surface area (Å²) in [4.78, 5) is 27.5. The molecule has 0 radical (unpaired) electrons. The average molecular weight is 329 g/mol. The van der Waals surface area contributed by atoms with Gasteiger partial charge in [0.2, 0.25) is 17.7 Å². The Hall–Kier alpha value is -2.96. The van der Waals surface area contributed by atoms with Gasteiger partial charge in [-0.2, -0.15) is 0 Å². The molecule has 1 aromatic heterocycles. The first kappa shape index (κ1) is 15.9. The average Bonchev–Trinajstić information content (AvgIpc) is 2.57. The first-order chi connectivity index (χ1) is 11.6. The minimum atomic E-state index is -0.519. The lowest BCUT2D eigenvalue weighted by Gasteiger charge is -2.22. The maximum atomic E-state index is 13.1. The maximum absolute atomic E-state index is 13.1. The molecule has 0 bridgehead atoms. The first-order valence-electron chi connectivity index (χ1n) is 7.60. The van der Waals surface area contributed by atoms with Crippen LogP contribution in [0.4, 0.5) is 10.1 Å². The molecule has 0 saturated carbocycles. The van der Waals surface area contributed by atoms with Gasteiger partial charge in [-0.3, -0.25) is 9.59 Å². The number of nitrogens with zero attached hydrogens (tertiary/aromatic N) is 1. The number of hydrogen-bond acceptors (Lipinski definition) is 4. The van der Waals surface area contributed by atoms with Gasteiger partial charge in [-0.1, -0.05) is 6.07 Å². The molecule has 1 aliphatic heterocycles. The molecule has 2 aromatic rings. The summed E-state index contributed by atoms with van der Waals surface area (Å²) < 4.78 is 18.5. The number of aromatic nitrogens is 1. The van der Waals surface area contributed by atoms with Crippen molar-refractivity contribution in [1.82, 2.24) is 10.3 Å². The minimum absolute atomic E-state index is 0.113. The van der Waals surface area contributed by atoms with E-state index in [9.17, 15) is 14.0 Å². The zero-order chi connectivity index (χ0) is 16.9. The molecule has 1 fully saturated rings. The van der Waals surface area contributed by atoms with Crippen LogP contribution in [0.3, 0.4) is 0 Å². The third-order valence-corrected chi connectivity index (χ3v) is 3.57. The number of piperidine rings is 1. The van der Waals surface area contributed by atoms with E-state index in [0.717, 1.165) is 0 Å². The van der Waals surface area contributed by atoms with Gasteiger partial charge in [0.1, 0.15) is 17.6 Å². The van der Waals surface area contributed by atoms with Crippen LogP contribution in [-0.4, -0.2) is 22.8 Å². The normalized spacial score (nSPS) is 17.0. The van der Waals surface area contributed by atoms with Crippen LogP contribution in [0.2, 0.25) is 0 Å². The minimum Gasteiger partial charge on any atom is -0.439 e. The highest BCUT2D eigenvalue weighted by molar-refractivity contribution is 5.97. The number of ether oxygens (including phenoxy) is 1. The van der Waals surface area contributed by atoms with Crippen molar-refractivity contribution in [2.45, 2.75) is 25.3 Å². The first-order valence-corrected chi connectivity index (χ1v) is 7.60. The predicted molar refractivity (Wildman–Crippen MR) is 85.1 cm³/mol. The number of carbonyl (C=O) groups excluding carboxylic acids is 2. The van der Waals surface area contributed by atoms with Gasteiger partial charge in [0.15, 0.2) is 0 Å². The Morgan fingerprint density at radius 1 is 1.33 bits per heavy atom. The van der Waals surface area contributed by atoms with Crippen molar-refractivity contribution in [3.05, 3.63) is 48.4 Å². The smallest absolute Gasteiger partial charge is 0.246 e. The van der Waals surface area contributed by atoms with Crippen LogP contribution in [-0.2, 0) is 9.59 Å². The van der Waals surface area contributed by atoms with Crippen LogP contribution >= 0.6 is 0 Å². The van der Waals surface area contributed by atoms with Crippen molar-refractivity contribution in [2.75, 3.05) is 5.32 Å². The molecule has 124 valence electrons. The van der Waals surface area contributed by atoms with E-state index < -0.39 is 11.9 Å². The number of amides is 2. The number of hydrogen-bond donors (Lipinski definition) is 2. The molecule has 0 aliphatic carbocycles. The Bertz CT molecular complexity index is 749. The van der Waals surface area contributed by atoms with Gasteiger partial charge in [-0.05, 0) is 31.0 Å². The van der Waals surface area contributed by atoms with Gasteiger partial charge in [0.05, 0.1) is 11.9 Å². The summed E-state index contributed by atoms with van der Waals surface area (Å²) in [6.07, 6.45) is 3.21.